The molecule has 0 aromatic carbocycles. The van der Waals surface area contributed by atoms with Crippen molar-refractivity contribution < 1.29 is 24.8 Å². The molecule has 1 rings (SSSR count). The smallest absolute Gasteiger partial charge is 0.175 e. The number of hydrogen-bond acceptors (Lipinski definition) is 6. The molecule has 5 atom stereocenters. The Labute approximate surface area is 183 Å². The number of nitrogens with two attached hydrogens (primary N) is 1. The molecule has 0 bridgehead atoms. The highest BCUT2D eigenvalue weighted by molar-refractivity contribution is 4.91. The second-order valence-corrected chi connectivity index (χ2v) is 8.59. The van der Waals surface area contributed by atoms with E-state index in [9.17, 15) is 15.3 Å². The van der Waals surface area contributed by atoms with Gasteiger partial charge in [-0.3, -0.25) is 0 Å². The topological polar surface area (TPSA) is 105 Å². The molecule has 1 aliphatic heterocycles. The van der Waals surface area contributed by atoms with Gasteiger partial charge in [0, 0.05) is 6.61 Å². The first kappa shape index (κ1) is 27.5. The number of unbranched alkanes of at least 4 members (excludes halogenated alkanes) is 12. The van der Waals surface area contributed by atoms with Gasteiger partial charge in [0.15, 0.2) is 6.29 Å². The van der Waals surface area contributed by atoms with Crippen LogP contribution in [0.2, 0.25) is 0 Å². The maximum absolute atomic E-state index is 9.91. The molecular weight excluding hydrogens is 382 g/mol. The quantitative estimate of drug-likeness (QED) is 0.195. The van der Waals surface area contributed by atoms with Crippen molar-refractivity contribution in [1.29, 1.82) is 0 Å². The minimum absolute atomic E-state index is 0.376. The van der Waals surface area contributed by atoms with Gasteiger partial charge in [-0.1, -0.05) is 76.9 Å². The number of ether oxygens (including phenoxy) is 2. The van der Waals surface area contributed by atoms with E-state index in [1.165, 1.54) is 77.0 Å². The van der Waals surface area contributed by atoms with Gasteiger partial charge in [0.1, 0.15) is 18.3 Å². The minimum Gasteiger partial charge on any atom is -0.394 e. The molecule has 0 aromatic heterocycles. The van der Waals surface area contributed by atoms with Crippen molar-refractivity contribution in [3.8, 4) is 0 Å². The normalized spacial score (nSPS) is 27.2. The molecule has 30 heavy (non-hydrogen) atoms. The Morgan fingerprint density at radius 3 is 1.90 bits per heavy atom. The molecule has 0 amide bonds. The van der Waals surface area contributed by atoms with Crippen LogP contribution in [-0.2, 0) is 9.47 Å². The molecule has 0 aromatic rings. The molecule has 178 valence electrons. The Hall–Kier alpha value is -0.500. The first-order valence-electron chi connectivity index (χ1n) is 12.3. The third kappa shape index (κ3) is 11.8. The van der Waals surface area contributed by atoms with Crippen LogP contribution in [0.4, 0.5) is 0 Å². The van der Waals surface area contributed by atoms with Gasteiger partial charge >= 0.3 is 0 Å². The molecule has 1 heterocycles. The van der Waals surface area contributed by atoms with Crippen LogP contribution in [0.25, 0.3) is 0 Å². The van der Waals surface area contributed by atoms with Gasteiger partial charge in [-0.25, -0.2) is 0 Å². The summed E-state index contributed by atoms with van der Waals surface area (Å²) in [6.45, 7) is 2.38. The maximum Gasteiger partial charge on any atom is 0.175 e. The van der Waals surface area contributed by atoms with Crippen LogP contribution in [0, 0.1) is 0 Å². The lowest BCUT2D eigenvalue weighted by molar-refractivity contribution is -0.265. The summed E-state index contributed by atoms with van der Waals surface area (Å²) in [5.74, 6) is 0. The van der Waals surface area contributed by atoms with Crippen LogP contribution in [0.15, 0.2) is 12.2 Å². The SMILES string of the molecule is CCCCCCCC/C=C\CCCCCCCCOC1O[C@H](CO)[C@@H](O)[C@H](O)[C@H]1N. The molecule has 6 nitrogen and oxygen atoms in total. The van der Waals surface area contributed by atoms with E-state index in [-0.39, 0.29) is 6.61 Å². The van der Waals surface area contributed by atoms with Crippen molar-refractivity contribution >= 4 is 0 Å². The first-order valence-corrected chi connectivity index (χ1v) is 12.3. The van der Waals surface area contributed by atoms with Gasteiger partial charge in [-0.15, -0.1) is 0 Å². The average Bonchev–Trinajstić information content (AvgIpc) is 2.75. The summed E-state index contributed by atoms with van der Waals surface area (Å²) in [7, 11) is 0. The van der Waals surface area contributed by atoms with Crippen molar-refractivity contribution in [3.05, 3.63) is 12.2 Å². The summed E-state index contributed by atoms with van der Waals surface area (Å²) in [5, 5.41) is 28.9. The van der Waals surface area contributed by atoms with E-state index in [4.69, 9.17) is 15.2 Å². The van der Waals surface area contributed by atoms with Crippen LogP contribution in [0.3, 0.4) is 0 Å². The number of aliphatic hydroxyl groups excluding tert-OH is 3. The first-order chi connectivity index (χ1) is 14.6. The number of aliphatic hydroxyl groups is 3. The number of allylic oxidation sites excluding steroid dienone is 2. The largest absolute Gasteiger partial charge is 0.394 e. The lowest BCUT2D eigenvalue weighted by Gasteiger charge is -2.40. The zero-order chi connectivity index (χ0) is 22.0. The lowest BCUT2D eigenvalue weighted by Crippen LogP contribution is -2.62. The Kier molecular flexibility index (Phi) is 16.6. The van der Waals surface area contributed by atoms with Crippen molar-refractivity contribution in [2.45, 2.75) is 127 Å². The van der Waals surface area contributed by atoms with E-state index < -0.39 is 30.6 Å². The Morgan fingerprint density at radius 1 is 0.800 bits per heavy atom. The molecule has 0 radical (unpaired) electrons. The summed E-state index contributed by atoms with van der Waals surface area (Å²) >= 11 is 0. The molecular formula is C24H47NO5. The molecule has 6 heteroatoms. The molecule has 0 spiro atoms. The fraction of sp³-hybridized carbons (Fsp3) is 0.917. The molecule has 5 N–H and O–H groups in total. The molecule has 1 aliphatic rings. The van der Waals surface area contributed by atoms with Gasteiger partial charge in [0.2, 0.25) is 0 Å². The van der Waals surface area contributed by atoms with E-state index in [1.807, 2.05) is 0 Å². The van der Waals surface area contributed by atoms with Crippen LogP contribution in [0.5, 0.6) is 0 Å². The van der Waals surface area contributed by atoms with Crippen molar-refractivity contribution in [1.82, 2.24) is 0 Å². The van der Waals surface area contributed by atoms with Crippen molar-refractivity contribution in [2.75, 3.05) is 13.2 Å². The van der Waals surface area contributed by atoms with Crippen LogP contribution in [-0.4, -0.2) is 59.2 Å². The van der Waals surface area contributed by atoms with Crippen LogP contribution >= 0.6 is 0 Å². The summed E-state index contributed by atoms with van der Waals surface area (Å²) in [6, 6.07) is -0.808. The standard InChI is InChI=1S/C24H47NO5/c1-2-3-4-5-6-7-8-9-10-11-12-13-14-15-16-17-18-29-24-21(25)23(28)22(27)20(19-26)30-24/h9-10,20-24,26-28H,2-8,11-19,25H2,1H3/b10-9-/t20-,21-,22-,23-,24?/m1/s1. The molecule has 1 fully saturated rings. The fourth-order valence-corrected chi connectivity index (χ4v) is 3.80. The van der Waals surface area contributed by atoms with Crippen molar-refractivity contribution in [3.63, 3.8) is 0 Å². The van der Waals surface area contributed by atoms with E-state index in [0.29, 0.717) is 6.61 Å². The Balaban J connectivity index is 1.90. The number of rotatable bonds is 18. The fourth-order valence-electron chi connectivity index (χ4n) is 3.80. The van der Waals surface area contributed by atoms with E-state index >= 15 is 0 Å². The molecule has 1 saturated heterocycles. The molecule has 1 unspecified atom stereocenters. The minimum atomic E-state index is -1.18. The van der Waals surface area contributed by atoms with Gasteiger partial charge in [-0.05, 0) is 32.1 Å². The zero-order valence-corrected chi connectivity index (χ0v) is 19.1. The van der Waals surface area contributed by atoms with Gasteiger partial charge in [-0.2, -0.15) is 0 Å². The van der Waals surface area contributed by atoms with E-state index in [1.54, 1.807) is 0 Å². The zero-order valence-electron chi connectivity index (χ0n) is 19.1. The third-order valence-electron chi connectivity index (χ3n) is 5.87. The van der Waals surface area contributed by atoms with E-state index in [0.717, 1.165) is 12.8 Å². The summed E-state index contributed by atoms with van der Waals surface area (Å²) in [6.07, 6.45) is 18.3. The summed E-state index contributed by atoms with van der Waals surface area (Å²) < 4.78 is 11.1. The lowest BCUT2D eigenvalue weighted by atomic mass is 9.98. The highest BCUT2D eigenvalue weighted by atomic mass is 16.7. The summed E-state index contributed by atoms with van der Waals surface area (Å²) in [5.41, 5.74) is 5.85. The predicted molar refractivity (Wildman–Crippen MR) is 121 cm³/mol. The van der Waals surface area contributed by atoms with Gasteiger partial charge in [0.25, 0.3) is 0 Å². The molecule has 0 saturated carbocycles. The second-order valence-electron chi connectivity index (χ2n) is 8.59. The number of hydrogen-bond donors (Lipinski definition) is 4. The predicted octanol–water partition coefficient (Wildman–Crippen LogP) is 3.81. The van der Waals surface area contributed by atoms with E-state index in [2.05, 4.69) is 19.1 Å². The molecule has 0 aliphatic carbocycles. The Morgan fingerprint density at radius 2 is 1.33 bits per heavy atom. The monoisotopic (exact) mass is 429 g/mol. The highest BCUT2D eigenvalue weighted by Gasteiger charge is 2.42. The highest BCUT2D eigenvalue weighted by Crippen LogP contribution is 2.21. The van der Waals surface area contributed by atoms with Gasteiger partial charge < -0.3 is 30.5 Å². The van der Waals surface area contributed by atoms with Crippen LogP contribution < -0.4 is 5.73 Å². The Bertz CT molecular complexity index is 418. The second kappa shape index (κ2) is 18.1. The average molecular weight is 430 g/mol. The third-order valence-corrected chi connectivity index (χ3v) is 5.87. The van der Waals surface area contributed by atoms with Gasteiger partial charge in [0.05, 0.1) is 12.6 Å². The van der Waals surface area contributed by atoms with Crippen molar-refractivity contribution in [2.24, 2.45) is 5.73 Å². The van der Waals surface area contributed by atoms with Crippen LogP contribution in [0.1, 0.15) is 96.8 Å². The summed E-state index contributed by atoms with van der Waals surface area (Å²) in [4.78, 5) is 0. The maximum atomic E-state index is 9.91.